The molecule has 0 radical (unpaired) electrons. The number of hydrogen-bond acceptors (Lipinski definition) is 3. The van der Waals surface area contributed by atoms with Crippen molar-refractivity contribution >= 4 is 17.5 Å². The summed E-state index contributed by atoms with van der Waals surface area (Å²) < 4.78 is 5.66. The van der Waals surface area contributed by atoms with Crippen LogP contribution in [-0.4, -0.2) is 31.5 Å². The van der Waals surface area contributed by atoms with Crippen LogP contribution in [-0.2, 0) is 9.59 Å². The predicted octanol–water partition coefficient (Wildman–Crippen LogP) is 1.96. The zero-order valence-electron chi connectivity index (χ0n) is 12.8. The lowest BCUT2D eigenvalue weighted by atomic mass is 10.1. The molecule has 0 spiro atoms. The number of nitrogens with one attached hydrogen (secondary N) is 1. The number of rotatable bonds is 5. The van der Waals surface area contributed by atoms with Crippen LogP contribution in [0.4, 0.5) is 5.69 Å². The highest BCUT2D eigenvalue weighted by Crippen LogP contribution is 2.33. The Morgan fingerprint density at radius 1 is 1.38 bits per heavy atom. The lowest BCUT2D eigenvalue weighted by Crippen LogP contribution is -2.46. The van der Waals surface area contributed by atoms with Gasteiger partial charge in [-0.2, -0.15) is 0 Å². The molecule has 1 heterocycles. The van der Waals surface area contributed by atoms with E-state index < -0.39 is 6.10 Å². The summed E-state index contributed by atoms with van der Waals surface area (Å²) in [6, 6.07) is 7.33. The van der Waals surface area contributed by atoms with Gasteiger partial charge in [0.2, 0.25) is 5.91 Å². The van der Waals surface area contributed by atoms with Gasteiger partial charge in [-0.1, -0.05) is 26.0 Å². The van der Waals surface area contributed by atoms with E-state index in [9.17, 15) is 9.59 Å². The van der Waals surface area contributed by atoms with E-state index in [1.165, 1.54) is 0 Å². The van der Waals surface area contributed by atoms with Gasteiger partial charge in [0.1, 0.15) is 5.75 Å². The van der Waals surface area contributed by atoms with E-state index in [2.05, 4.69) is 19.2 Å². The third kappa shape index (κ3) is 3.74. The summed E-state index contributed by atoms with van der Waals surface area (Å²) in [6.07, 6.45) is 0.229. The van der Waals surface area contributed by atoms with Crippen LogP contribution < -0.4 is 15.0 Å². The monoisotopic (exact) mass is 290 g/mol. The number of ether oxygens (including phenoxy) is 1. The second kappa shape index (κ2) is 6.61. The van der Waals surface area contributed by atoms with Gasteiger partial charge in [0.15, 0.2) is 6.10 Å². The smallest absolute Gasteiger partial charge is 0.268 e. The van der Waals surface area contributed by atoms with Crippen molar-refractivity contribution in [3.63, 3.8) is 0 Å². The first kappa shape index (κ1) is 15.4. The molecule has 0 aliphatic carbocycles. The van der Waals surface area contributed by atoms with Crippen LogP contribution in [0.15, 0.2) is 24.3 Å². The lowest BCUT2D eigenvalue weighted by molar-refractivity contribution is -0.132. The molecule has 1 aliphatic heterocycles. The Bertz CT molecular complexity index is 528. The Hall–Kier alpha value is -2.04. The number of hydrogen-bond donors (Lipinski definition) is 1. The molecule has 5 nitrogen and oxygen atoms in total. The topological polar surface area (TPSA) is 58.6 Å². The molecule has 0 aromatic heterocycles. The third-order valence-corrected chi connectivity index (χ3v) is 3.52. The average molecular weight is 290 g/mol. The molecule has 0 bridgehead atoms. The van der Waals surface area contributed by atoms with Crippen LogP contribution in [0.1, 0.15) is 26.7 Å². The maximum Gasteiger partial charge on any atom is 0.268 e. The molecule has 0 fully saturated rings. The van der Waals surface area contributed by atoms with E-state index in [0.29, 0.717) is 18.2 Å². The van der Waals surface area contributed by atoms with Gasteiger partial charge in [-0.25, -0.2) is 0 Å². The minimum absolute atomic E-state index is 0.0512. The summed E-state index contributed by atoms with van der Waals surface area (Å²) in [6.45, 7) is 4.83. The number of para-hydroxylation sites is 2. The van der Waals surface area contributed by atoms with Crippen molar-refractivity contribution in [2.45, 2.75) is 32.8 Å². The van der Waals surface area contributed by atoms with Gasteiger partial charge in [-0.15, -0.1) is 0 Å². The van der Waals surface area contributed by atoms with Crippen LogP contribution in [0.3, 0.4) is 0 Å². The number of amides is 2. The van der Waals surface area contributed by atoms with Crippen molar-refractivity contribution in [2.75, 3.05) is 18.5 Å². The van der Waals surface area contributed by atoms with Crippen LogP contribution in [0.2, 0.25) is 0 Å². The van der Waals surface area contributed by atoms with Gasteiger partial charge < -0.3 is 15.0 Å². The highest BCUT2D eigenvalue weighted by atomic mass is 16.5. The Morgan fingerprint density at radius 3 is 2.81 bits per heavy atom. The fourth-order valence-corrected chi connectivity index (χ4v) is 2.24. The van der Waals surface area contributed by atoms with E-state index in [-0.39, 0.29) is 18.2 Å². The van der Waals surface area contributed by atoms with Gasteiger partial charge in [0.25, 0.3) is 5.91 Å². The number of fused-ring (bicyclic) bond motifs is 1. The molecular formula is C16H22N2O3. The molecule has 1 unspecified atom stereocenters. The van der Waals surface area contributed by atoms with Crippen molar-refractivity contribution < 1.29 is 14.3 Å². The minimum atomic E-state index is -0.746. The second-order valence-corrected chi connectivity index (χ2v) is 5.71. The molecule has 1 atom stereocenters. The predicted molar refractivity (Wildman–Crippen MR) is 81.3 cm³/mol. The molecule has 114 valence electrons. The molecule has 1 N–H and O–H groups in total. The van der Waals surface area contributed by atoms with Crippen LogP contribution in [0, 0.1) is 5.92 Å². The molecule has 1 aromatic carbocycles. The number of likely N-dealkylation sites (N-methyl/N-ethyl adjacent to an activating group) is 1. The first-order chi connectivity index (χ1) is 9.99. The van der Waals surface area contributed by atoms with Crippen molar-refractivity contribution in [1.29, 1.82) is 0 Å². The number of nitrogens with zero attached hydrogens (tertiary/aromatic N) is 1. The number of benzene rings is 1. The normalized spacial score (nSPS) is 17.4. The summed E-state index contributed by atoms with van der Waals surface area (Å²) >= 11 is 0. The zero-order valence-corrected chi connectivity index (χ0v) is 12.8. The number of carbonyl (C=O) groups excluding carboxylic acids is 2. The van der Waals surface area contributed by atoms with Crippen molar-refractivity contribution in [2.24, 2.45) is 5.92 Å². The summed E-state index contributed by atoms with van der Waals surface area (Å²) in [4.78, 5) is 25.7. The fraction of sp³-hybridized carbons (Fsp3) is 0.500. The Labute approximate surface area is 125 Å². The first-order valence-corrected chi connectivity index (χ1v) is 7.29. The van der Waals surface area contributed by atoms with Gasteiger partial charge in [-0.05, 0) is 24.5 Å². The maximum atomic E-state index is 12.2. The van der Waals surface area contributed by atoms with E-state index in [1.54, 1.807) is 11.9 Å². The lowest BCUT2D eigenvalue weighted by Gasteiger charge is -2.31. The molecule has 0 saturated carbocycles. The molecule has 21 heavy (non-hydrogen) atoms. The van der Waals surface area contributed by atoms with Gasteiger partial charge in [0, 0.05) is 13.6 Å². The van der Waals surface area contributed by atoms with Crippen molar-refractivity contribution in [3.05, 3.63) is 24.3 Å². The average Bonchev–Trinajstić information content (AvgIpc) is 2.44. The second-order valence-electron chi connectivity index (χ2n) is 5.71. The molecule has 1 aromatic rings. The Balaban J connectivity index is 1.96. The SMILES string of the molecule is CC(C)CCNC(=O)CC1Oc2ccccc2N(C)C1=O. The largest absolute Gasteiger partial charge is 0.478 e. The molecule has 5 heteroatoms. The van der Waals surface area contributed by atoms with Crippen molar-refractivity contribution in [3.8, 4) is 5.75 Å². The molecular weight excluding hydrogens is 268 g/mol. The van der Waals surface area contributed by atoms with Crippen LogP contribution in [0.25, 0.3) is 0 Å². The third-order valence-electron chi connectivity index (χ3n) is 3.52. The maximum absolute atomic E-state index is 12.2. The van der Waals surface area contributed by atoms with Gasteiger partial charge in [-0.3, -0.25) is 9.59 Å². The number of anilines is 1. The summed E-state index contributed by atoms with van der Waals surface area (Å²) in [5.74, 6) is 0.838. The quantitative estimate of drug-likeness (QED) is 0.902. The Kier molecular flexibility index (Phi) is 4.83. The first-order valence-electron chi connectivity index (χ1n) is 7.29. The molecule has 1 aliphatic rings. The summed E-state index contributed by atoms with van der Waals surface area (Å²) in [5.41, 5.74) is 0.735. The fourth-order valence-electron chi connectivity index (χ4n) is 2.24. The van der Waals surface area contributed by atoms with Gasteiger partial charge >= 0.3 is 0 Å². The van der Waals surface area contributed by atoms with E-state index >= 15 is 0 Å². The molecule has 0 saturated heterocycles. The highest BCUT2D eigenvalue weighted by molar-refractivity contribution is 6.01. The number of carbonyl (C=O) groups is 2. The molecule has 2 rings (SSSR count). The minimum Gasteiger partial charge on any atom is -0.478 e. The van der Waals surface area contributed by atoms with Crippen LogP contribution in [0.5, 0.6) is 5.75 Å². The molecule has 2 amide bonds. The van der Waals surface area contributed by atoms with Gasteiger partial charge in [0.05, 0.1) is 12.1 Å². The van der Waals surface area contributed by atoms with E-state index in [4.69, 9.17) is 4.74 Å². The van der Waals surface area contributed by atoms with Crippen molar-refractivity contribution in [1.82, 2.24) is 5.32 Å². The highest BCUT2D eigenvalue weighted by Gasteiger charge is 2.33. The summed E-state index contributed by atoms with van der Waals surface area (Å²) in [7, 11) is 1.70. The van der Waals surface area contributed by atoms with E-state index in [0.717, 1.165) is 12.1 Å². The standard InChI is InChI=1S/C16H22N2O3/c1-11(2)8-9-17-15(19)10-14-16(20)18(3)12-6-4-5-7-13(12)21-14/h4-7,11,14H,8-10H2,1-3H3,(H,17,19). The zero-order chi connectivity index (χ0) is 15.4. The van der Waals surface area contributed by atoms with Crippen LogP contribution >= 0.6 is 0 Å². The Morgan fingerprint density at radius 2 is 2.10 bits per heavy atom. The van der Waals surface area contributed by atoms with E-state index in [1.807, 2.05) is 24.3 Å². The summed E-state index contributed by atoms with van der Waals surface area (Å²) in [5, 5.41) is 2.83.